The Labute approximate surface area is 164 Å². The van der Waals surface area contributed by atoms with Gasteiger partial charge in [-0.15, -0.1) is 10.2 Å². The number of nitro benzene ring substituents is 1. The first-order chi connectivity index (χ1) is 14.1. The molecule has 0 radical (unpaired) electrons. The van der Waals surface area contributed by atoms with Crippen molar-refractivity contribution < 1.29 is 10.0 Å². The maximum Gasteiger partial charge on any atom is 0.311 e. The van der Waals surface area contributed by atoms with E-state index in [2.05, 4.69) is 37.2 Å². The molecule has 10 heteroatoms. The molecular formula is C19H17N7O3. The molecule has 0 aliphatic carbocycles. The quantitative estimate of drug-likeness (QED) is 0.292. The summed E-state index contributed by atoms with van der Waals surface area (Å²) in [7, 11) is 0. The summed E-state index contributed by atoms with van der Waals surface area (Å²) in [6.45, 7) is 2.89. The molecule has 29 heavy (non-hydrogen) atoms. The molecular weight excluding hydrogens is 374 g/mol. The topological polar surface area (TPSA) is 131 Å². The van der Waals surface area contributed by atoms with Crippen LogP contribution in [0.1, 0.15) is 18.9 Å². The lowest BCUT2D eigenvalue weighted by molar-refractivity contribution is -0.385. The Hall–Kier alpha value is -4.08. The highest BCUT2D eigenvalue weighted by molar-refractivity contribution is 6.04. The predicted octanol–water partition coefficient (Wildman–Crippen LogP) is 3.45. The van der Waals surface area contributed by atoms with E-state index in [9.17, 15) is 15.2 Å². The van der Waals surface area contributed by atoms with Crippen LogP contribution in [0.4, 0.5) is 11.6 Å². The molecule has 2 heterocycles. The highest BCUT2D eigenvalue weighted by atomic mass is 16.6. The third-order valence-electron chi connectivity index (χ3n) is 4.40. The summed E-state index contributed by atoms with van der Waals surface area (Å²) in [5, 5.41) is 33.8. The Morgan fingerprint density at radius 2 is 2.10 bits per heavy atom. The van der Waals surface area contributed by atoms with E-state index < -0.39 is 16.4 Å². The van der Waals surface area contributed by atoms with Gasteiger partial charge in [0.25, 0.3) is 5.95 Å². The predicted molar refractivity (Wildman–Crippen MR) is 109 cm³/mol. The van der Waals surface area contributed by atoms with Gasteiger partial charge in [-0.2, -0.15) is 10.1 Å². The number of para-hydroxylation sites is 1. The number of hydrogen-bond donors (Lipinski definition) is 2. The van der Waals surface area contributed by atoms with Crippen molar-refractivity contribution in [1.82, 2.24) is 19.7 Å². The van der Waals surface area contributed by atoms with Crippen molar-refractivity contribution in [2.24, 2.45) is 5.10 Å². The molecule has 4 aromatic rings. The molecule has 0 fully saturated rings. The minimum absolute atomic E-state index is 0.210. The first kappa shape index (κ1) is 18.3. The molecule has 10 nitrogen and oxygen atoms in total. The van der Waals surface area contributed by atoms with Crippen LogP contribution in [-0.4, -0.2) is 36.0 Å². The maximum atomic E-state index is 10.9. The molecule has 0 aliphatic heterocycles. The lowest BCUT2D eigenvalue weighted by Gasteiger charge is -2.04. The minimum Gasteiger partial charge on any atom is -0.502 e. The van der Waals surface area contributed by atoms with Crippen molar-refractivity contribution in [1.29, 1.82) is 0 Å². The number of aromatic nitrogens is 4. The van der Waals surface area contributed by atoms with E-state index in [0.29, 0.717) is 11.2 Å². The number of hydrazone groups is 1. The number of hydrogen-bond acceptors (Lipinski definition) is 8. The van der Waals surface area contributed by atoms with Crippen molar-refractivity contribution in [2.75, 3.05) is 5.43 Å². The molecule has 0 atom stereocenters. The molecule has 0 spiro atoms. The summed E-state index contributed by atoms with van der Waals surface area (Å²) < 4.78 is 2.09. The molecule has 2 aromatic carbocycles. The number of benzene rings is 2. The molecule has 0 bridgehead atoms. The Bertz CT molecular complexity index is 1250. The molecule has 146 valence electrons. The average Bonchev–Trinajstić information content (AvgIpc) is 3.03. The van der Waals surface area contributed by atoms with E-state index in [-0.39, 0.29) is 5.95 Å². The van der Waals surface area contributed by atoms with Crippen molar-refractivity contribution in [3.05, 3.63) is 58.1 Å². The van der Waals surface area contributed by atoms with Gasteiger partial charge in [0.2, 0.25) is 0 Å². The number of aryl methyl sites for hydroxylation is 1. The largest absolute Gasteiger partial charge is 0.502 e. The van der Waals surface area contributed by atoms with Gasteiger partial charge in [0, 0.05) is 23.6 Å². The molecule has 0 aliphatic rings. The first-order valence-corrected chi connectivity index (χ1v) is 8.96. The third-order valence-corrected chi connectivity index (χ3v) is 4.40. The smallest absolute Gasteiger partial charge is 0.311 e. The lowest BCUT2D eigenvalue weighted by Crippen LogP contribution is -2.03. The number of fused-ring (bicyclic) bond motifs is 3. The maximum absolute atomic E-state index is 10.9. The van der Waals surface area contributed by atoms with Crippen LogP contribution in [0, 0.1) is 10.1 Å². The van der Waals surface area contributed by atoms with Crippen LogP contribution in [0.25, 0.3) is 22.1 Å². The Morgan fingerprint density at radius 3 is 2.90 bits per heavy atom. The normalized spacial score (nSPS) is 11.5. The summed E-state index contributed by atoms with van der Waals surface area (Å²) >= 11 is 0. The van der Waals surface area contributed by atoms with Gasteiger partial charge in [-0.3, -0.25) is 10.1 Å². The summed E-state index contributed by atoms with van der Waals surface area (Å²) in [4.78, 5) is 14.8. The number of nitrogens with one attached hydrogen (secondary N) is 1. The molecule has 0 saturated carbocycles. The van der Waals surface area contributed by atoms with E-state index in [0.717, 1.165) is 29.4 Å². The van der Waals surface area contributed by atoms with Crippen molar-refractivity contribution >= 4 is 39.9 Å². The zero-order valence-electron chi connectivity index (χ0n) is 15.5. The molecule has 4 rings (SSSR count). The van der Waals surface area contributed by atoms with Gasteiger partial charge in [0.15, 0.2) is 11.4 Å². The Morgan fingerprint density at radius 1 is 1.28 bits per heavy atom. The standard InChI is InChI=1S/C19H17N7O3/c1-2-9-25-14-6-4-3-5-13(14)17-18(25)21-19(24-22-17)23-20-11-12-7-8-16(27)15(10-12)26(28)29/h3-8,10-11,27H,2,9H2,1H3,(H,21,23,24)/b20-11+. The fourth-order valence-electron chi connectivity index (χ4n) is 3.13. The van der Waals surface area contributed by atoms with Crippen molar-refractivity contribution in [2.45, 2.75) is 19.9 Å². The van der Waals surface area contributed by atoms with Crippen LogP contribution in [-0.2, 0) is 6.54 Å². The van der Waals surface area contributed by atoms with Gasteiger partial charge in [-0.1, -0.05) is 25.1 Å². The fourth-order valence-corrected chi connectivity index (χ4v) is 3.13. The van der Waals surface area contributed by atoms with E-state index in [1.54, 1.807) is 0 Å². The van der Waals surface area contributed by atoms with Crippen LogP contribution in [0.2, 0.25) is 0 Å². The van der Waals surface area contributed by atoms with E-state index in [1.165, 1.54) is 24.4 Å². The Balaban J connectivity index is 1.64. The zero-order chi connectivity index (χ0) is 20.4. The van der Waals surface area contributed by atoms with Crippen LogP contribution in [0.3, 0.4) is 0 Å². The first-order valence-electron chi connectivity index (χ1n) is 8.96. The summed E-state index contributed by atoms with van der Waals surface area (Å²) in [5.74, 6) is -0.191. The molecule has 0 saturated heterocycles. The van der Waals surface area contributed by atoms with E-state index in [1.807, 2.05) is 24.3 Å². The van der Waals surface area contributed by atoms with Crippen LogP contribution in [0.15, 0.2) is 47.6 Å². The molecule has 2 aromatic heterocycles. The second-order valence-corrected chi connectivity index (χ2v) is 6.35. The van der Waals surface area contributed by atoms with Crippen LogP contribution >= 0.6 is 0 Å². The fraction of sp³-hybridized carbons (Fsp3) is 0.158. The van der Waals surface area contributed by atoms with Crippen molar-refractivity contribution in [3.63, 3.8) is 0 Å². The molecule has 0 amide bonds. The summed E-state index contributed by atoms with van der Waals surface area (Å²) in [6.07, 6.45) is 2.32. The number of phenolic OH excluding ortho intramolecular Hbond substituents is 1. The SMILES string of the molecule is CCCn1c2ccccc2c2nnc(N/N=C/c3ccc(O)c([N+](=O)[O-])c3)nc21. The average molecular weight is 391 g/mol. The lowest BCUT2D eigenvalue weighted by atomic mass is 10.2. The van der Waals surface area contributed by atoms with Gasteiger partial charge in [0.1, 0.15) is 5.52 Å². The van der Waals surface area contributed by atoms with Crippen LogP contribution < -0.4 is 5.43 Å². The summed E-state index contributed by atoms with van der Waals surface area (Å²) in [6, 6.07) is 11.9. The third kappa shape index (κ3) is 3.43. The molecule has 2 N–H and O–H groups in total. The second kappa shape index (κ2) is 7.50. The number of aromatic hydroxyl groups is 1. The zero-order valence-corrected chi connectivity index (χ0v) is 15.5. The number of anilines is 1. The number of rotatable bonds is 6. The summed E-state index contributed by atoms with van der Waals surface area (Å²) in [5.41, 5.74) is 5.22. The van der Waals surface area contributed by atoms with Crippen molar-refractivity contribution in [3.8, 4) is 5.75 Å². The molecule has 0 unspecified atom stereocenters. The highest BCUT2D eigenvalue weighted by Gasteiger charge is 2.14. The highest BCUT2D eigenvalue weighted by Crippen LogP contribution is 2.27. The minimum atomic E-state index is -0.659. The second-order valence-electron chi connectivity index (χ2n) is 6.35. The van der Waals surface area contributed by atoms with E-state index in [4.69, 9.17) is 0 Å². The number of phenols is 1. The van der Waals surface area contributed by atoms with Gasteiger partial charge in [-0.05, 0) is 24.6 Å². The van der Waals surface area contributed by atoms with Gasteiger partial charge >= 0.3 is 5.69 Å². The van der Waals surface area contributed by atoms with E-state index >= 15 is 0 Å². The van der Waals surface area contributed by atoms with Gasteiger partial charge < -0.3 is 9.67 Å². The monoisotopic (exact) mass is 391 g/mol. The van der Waals surface area contributed by atoms with Gasteiger partial charge in [-0.25, -0.2) is 5.43 Å². The number of nitrogens with zero attached hydrogens (tertiary/aromatic N) is 6. The Kier molecular flexibility index (Phi) is 4.73. The van der Waals surface area contributed by atoms with Gasteiger partial charge in [0.05, 0.1) is 16.7 Å². The number of nitro groups is 1. The van der Waals surface area contributed by atoms with Crippen LogP contribution in [0.5, 0.6) is 5.75 Å².